The van der Waals surface area contributed by atoms with E-state index in [1.54, 1.807) is 0 Å². The zero-order valence-corrected chi connectivity index (χ0v) is 60.0. The zero-order valence-electron chi connectivity index (χ0n) is 58.2. The lowest BCUT2D eigenvalue weighted by atomic mass is 10.1. The fourth-order valence-electron chi connectivity index (χ4n) is 9.81. The number of hydrogen-bond donors (Lipinski definition) is 3. The summed E-state index contributed by atoms with van der Waals surface area (Å²) in [5.41, 5.74) is 0. The van der Waals surface area contributed by atoms with Crippen LogP contribution in [0, 0.1) is 0 Å². The van der Waals surface area contributed by atoms with Crippen molar-refractivity contribution in [3.63, 3.8) is 0 Å². The second kappa shape index (κ2) is 66.4. The third-order valence-electron chi connectivity index (χ3n) is 15.4. The van der Waals surface area contributed by atoms with E-state index in [1.165, 1.54) is 83.5 Å². The minimum absolute atomic E-state index is 0.0786. The second-order valence-electron chi connectivity index (χ2n) is 24.5. The summed E-state index contributed by atoms with van der Waals surface area (Å²) < 4.78 is 68.3. The van der Waals surface area contributed by atoms with E-state index < -0.39 is 97.5 Å². The van der Waals surface area contributed by atoms with Crippen LogP contribution in [0.4, 0.5) is 0 Å². The van der Waals surface area contributed by atoms with Gasteiger partial charge < -0.3 is 33.8 Å². The Morgan fingerprint density at radius 3 is 0.891 bits per heavy atom. The maximum absolute atomic E-state index is 13.0. The number of phosphoric ester groups is 2. The molecule has 0 aliphatic carbocycles. The molecule has 5 unspecified atom stereocenters. The second-order valence-corrected chi connectivity index (χ2v) is 27.4. The number of carbonyl (C=O) groups is 4. The summed E-state index contributed by atoms with van der Waals surface area (Å²) in [7, 11) is -9.93. The molecule has 3 N–H and O–H groups in total. The van der Waals surface area contributed by atoms with E-state index in [-0.39, 0.29) is 25.7 Å². The van der Waals surface area contributed by atoms with Crippen molar-refractivity contribution in [1.29, 1.82) is 0 Å². The van der Waals surface area contributed by atoms with Crippen LogP contribution in [-0.4, -0.2) is 96.7 Å². The number of aliphatic hydroxyl groups excluding tert-OH is 1. The van der Waals surface area contributed by atoms with Crippen molar-refractivity contribution < 1.29 is 80.2 Å². The largest absolute Gasteiger partial charge is 0.472 e. The van der Waals surface area contributed by atoms with Crippen molar-refractivity contribution in [2.75, 3.05) is 39.6 Å². The molecular weight excluding hydrogens is 1210 g/mol. The fourth-order valence-corrected chi connectivity index (χ4v) is 11.4. The lowest BCUT2D eigenvalue weighted by Crippen LogP contribution is -2.30. The van der Waals surface area contributed by atoms with E-state index in [0.29, 0.717) is 25.7 Å². The molecule has 0 spiro atoms. The molecule has 0 aromatic carbocycles. The van der Waals surface area contributed by atoms with Crippen LogP contribution < -0.4 is 0 Å². The summed E-state index contributed by atoms with van der Waals surface area (Å²) in [6.45, 7) is 4.74. The molecule has 0 radical (unpaired) electrons. The quantitative estimate of drug-likeness (QED) is 0.0169. The van der Waals surface area contributed by atoms with E-state index >= 15 is 0 Å². The molecule has 0 heterocycles. The summed E-state index contributed by atoms with van der Waals surface area (Å²) in [5, 5.41) is 10.6. The number of unbranched alkanes of at least 4 members (excludes halogenated alkanes) is 33. The van der Waals surface area contributed by atoms with Crippen LogP contribution in [0.1, 0.15) is 323 Å². The molecule has 0 bridgehead atoms. The molecule has 0 fully saturated rings. The summed E-state index contributed by atoms with van der Waals surface area (Å²) >= 11 is 0. The zero-order chi connectivity index (χ0) is 67.5. The first kappa shape index (κ1) is 88.8. The number of phosphoric acid groups is 2. The topological polar surface area (TPSA) is 237 Å². The van der Waals surface area contributed by atoms with Gasteiger partial charge in [0.05, 0.1) is 26.4 Å². The summed E-state index contributed by atoms with van der Waals surface area (Å²) in [5.74, 6) is -2.19. The minimum atomic E-state index is -4.97. The first-order chi connectivity index (χ1) is 44.7. The highest BCUT2D eigenvalue weighted by molar-refractivity contribution is 7.47. The van der Waals surface area contributed by atoms with Crippen molar-refractivity contribution in [2.45, 2.75) is 341 Å². The Bertz CT molecular complexity index is 1990. The average molecular weight is 1340 g/mol. The third-order valence-corrected chi connectivity index (χ3v) is 17.3. The van der Waals surface area contributed by atoms with E-state index in [0.717, 1.165) is 161 Å². The van der Waals surface area contributed by atoms with Crippen molar-refractivity contribution in [3.8, 4) is 0 Å². The molecule has 0 saturated heterocycles. The smallest absolute Gasteiger partial charge is 0.462 e. The minimum Gasteiger partial charge on any atom is -0.462 e. The van der Waals surface area contributed by atoms with Crippen LogP contribution in [0.15, 0.2) is 60.8 Å². The molecule has 0 aromatic heterocycles. The molecule has 19 heteroatoms. The normalized spacial score (nSPS) is 14.4. The predicted molar refractivity (Wildman–Crippen MR) is 372 cm³/mol. The monoisotopic (exact) mass is 1340 g/mol. The Morgan fingerprint density at radius 2 is 0.554 bits per heavy atom. The highest BCUT2D eigenvalue weighted by Crippen LogP contribution is 2.45. The van der Waals surface area contributed by atoms with Gasteiger partial charge in [0.25, 0.3) is 0 Å². The van der Waals surface area contributed by atoms with Gasteiger partial charge in [0.2, 0.25) is 0 Å². The maximum atomic E-state index is 13.0. The van der Waals surface area contributed by atoms with Gasteiger partial charge in [0.15, 0.2) is 12.2 Å². The highest BCUT2D eigenvalue weighted by Gasteiger charge is 2.30. The van der Waals surface area contributed by atoms with E-state index in [9.17, 15) is 43.2 Å². The Balaban J connectivity index is 5.32. The third kappa shape index (κ3) is 65.4. The van der Waals surface area contributed by atoms with Crippen molar-refractivity contribution >= 4 is 39.5 Å². The van der Waals surface area contributed by atoms with Crippen LogP contribution in [0.3, 0.4) is 0 Å². The fraction of sp³-hybridized carbons (Fsp3) is 0.808. The predicted octanol–water partition coefficient (Wildman–Crippen LogP) is 20.3. The van der Waals surface area contributed by atoms with Gasteiger partial charge in [0.1, 0.15) is 19.3 Å². The van der Waals surface area contributed by atoms with E-state index in [1.807, 2.05) is 0 Å². The molecule has 17 nitrogen and oxygen atoms in total. The molecule has 536 valence electrons. The lowest BCUT2D eigenvalue weighted by Gasteiger charge is -2.21. The van der Waals surface area contributed by atoms with Gasteiger partial charge in [-0.15, -0.1) is 0 Å². The van der Waals surface area contributed by atoms with Crippen molar-refractivity contribution in [2.24, 2.45) is 0 Å². The van der Waals surface area contributed by atoms with Gasteiger partial charge in [-0.3, -0.25) is 37.3 Å². The SMILES string of the molecule is CCC/C=C\C/C=C\CCCCCCCC(=O)OC(COC(=O)CCCCCCC/C=C\C/C=C\CCCCC)COP(=O)(O)OCC(O)COP(=O)(O)OCC(COC(=O)CCCCCCC/C=C\CCCCCC)OC(=O)CCCCCCCCCCCCC. The van der Waals surface area contributed by atoms with Gasteiger partial charge in [-0.1, -0.05) is 249 Å². The highest BCUT2D eigenvalue weighted by atomic mass is 31.2. The molecule has 0 aliphatic rings. The average Bonchev–Trinajstić information content (AvgIpc) is 1.82. The van der Waals surface area contributed by atoms with Crippen LogP contribution in [0.5, 0.6) is 0 Å². The summed E-state index contributed by atoms with van der Waals surface area (Å²) in [6.07, 6.45) is 62.2. The van der Waals surface area contributed by atoms with Crippen LogP contribution in [0.2, 0.25) is 0 Å². The number of ether oxygens (including phenoxy) is 4. The van der Waals surface area contributed by atoms with Gasteiger partial charge >= 0.3 is 39.5 Å². The molecule has 0 rings (SSSR count). The molecule has 0 amide bonds. The molecular formula is C73H132O17P2. The number of hydrogen-bond acceptors (Lipinski definition) is 15. The summed E-state index contributed by atoms with van der Waals surface area (Å²) in [6, 6.07) is 0. The Kier molecular flexibility index (Phi) is 64.0. The maximum Gasteiger partial charge on any atom is 0.472 e. The molecule has 92 heavy (non-hydrogen) atoms. The molecule has 5 atom stereocenters. The first-order valence-corrected chi connectivity index (χ1v) is 39.5. The Labute approximate surface area is 559 Å². The standard InChI is InChI=1S/C73H132O17P2/c1-5-9-13-17-21-25-29-32-33-36-39-42-46-50-54-58-71(76)84-64-69(90-73(78)60-56-52-48-44-40-35-31-27-23-19-15-11-7-3)66-88-92(81,82)86-62-67(74)61-85-91(79,80)87-65-68(89-72(77)59-55-51-47-43-37-28-24-20-16-12-8-4)63-83-70(75)57-53-49-45-41-38-34-30-26-22-18-14-10-6-2/h15,19,21,25-27,30-33,67-69,74H,5-14,16-18,20,22-24,28-29,34-66H2,1-4H3,(H,79,80)(H,81,82)/b19-15-,25-21-,30-26-,31-27-,33-32-. The summed E-state index contributed by atoms with van der Waals surface area (Å²) in [4.78, 5) is 72.6. The molecule has 0 aliphatic heterocycles. The van der Waals surface area contributed by atoms with Gasteiger partial charge in [-0.2, -0.15) is 0 Å². The van der Waals surface area contributed by atoms with Crippen LogP contribution in [-0.2, 0) is 65.4 Å². The number of rotatable bonds is 69. The van der Waals surface area contributed by atoms with E-state index in [4.69, 9.17) is 37.0 Å². The number of carbonyl (C=O) groups excluding carboxylic acids is 4. The van der Waals surface area contributed by atoms with Gasteiger partial charge in [-0.05, 0) is 109 Å². The van der Waals surface area contributed by atoms with Crippen LogP contribution in [0.25, 0.3) is 0 Å². The number of esters is 4. The van der Waals surface area contributed by atoms with Gasteiger partial charge in [0, 0.05) is 25.7 Å². The van der Waals surface area contributed by atoms with Crippen molar-refractivity contribution in [3.05, 3.63) is 60.8 Å². The first-order valence-electron chi connectivity index (χ1n) is 36.5. The van der Waals surface area contributed by atoms with Crippen molar-refractivity contribution in [1.82, 2.24) is 0 Å². The van der Waals surface area contributed by atoms with E-state index in [2.05, 4.69) is 88.5 Å². The molecule has 0 aromatic rings. The van der Waals surface area contributed by atoms with Gasteiger partial charge in [-0.25, -0.2) is 9.13 Å². The number of allylic oxidation sites excluding steroid dienone is 10. The Morgan fingerprint density at radius 1 is 0.304 bits per heavy atom. The number of aliphatic hydroxyl groups is 1. The van der Waals surface area contributed by atoms with Crippen LogP contribution >= 0.6 is 15.6 Å². The lowest BCUT2D eigenvalue weighted by molar-refractivity contribution is -0.161. The Hall–Kier alpha value is -3.24. The molecule has 0 saturated carbocycles.